The number of aromatic nitrogens is 2. The smallest absolute Gasteiger partial charge is 0.254 e. The molecule has 1 aromatic heterocycles. The van der Waals surface area contributed by atoms with Crippen molar-refractivity contribution in [2.24, 2.45) is 5.73 Å². The van der Waals surface area contributed by atoms with Crippen molar-refractivity contribution in [3.05, 3.63) is 46.2 Å². The summed E-state index contributed by atoms with van der Waals surface area (Å²) in [6, 6.07) is 8.36. The molecule has 2 aromatic rings. The van der Waals surface area contributed by atoms with E-state index < -0.39 is 0 Å². The number of nitrogens with zero attached hydrogens (tertiary/aromatic N) is 2. The van der Waals surface area contributed by atoms with Gasteiger partial charge in [-0.3, -0.25) is 4.79 Å². The Morgan fingerprint density at radius 1 is 1.25 bits per heavy atom. The minimum absolute atomic E-state index is 0. The molecule has 1 aliphatic rings. The van der Waals surface area contributed by atoms with Crippen LogP contribution in [0.4, 0.5) is 0 Å². The molecule has 0 unspecified atom stereocenters. The van der Waals surface area contributed by atoms with E-state index in [4.69, 9.17) is 5.73 Å². The van der Waals surface area contributed by atoms with Crippen molar-refractivity contribution < 1.29 is 4.79 Å². The number of amides is 1. The van der Waals surface area contributed by atoms with Gasteiger partial charge in [-0.1, -0.05) is 15.9 Å². The van der Waals surface area contributed by atoms with Crippen molar-refractivity contribution in [2.75, 3.05) is 0 Å². The molecule has 1 amide bonds. The summed E-state index contributed by atoms with van der Waals surface area (Å²) in [4.78, 5) is 12.5. The molecule has 1 saturated carbocycles. The van der Waals surface area contributed by atoms with Gasteiger partial charge in [0, 0.05) is 16.6 Å². The molecule has 1 heterocycles. The van der Waals surface area contributed by atoms with E-state index in [1.165, 1.54) is 0 Å². The second-order valence-corrected chi connectivity index (χ2v) is 7.03. The Morgan fingerprint density at radius 3 is 2.50 bits per heavy atom. The lowest BCUT2D eigenvalue weighted by Gasteiger charge is -2.26. The molecule has 0 bridgehead atoms. The molecule has 0 aliphatic heterocycles. The predicted molar refractivity (Wildman–Crippen MR) is 101 cm³/mol. The van der Waals surface area contributed by atoms with Gasteiger partial charge in [0.05, 0.1) is 23.1 Å². The zero-order chi connectivity index (χ0) is 16.4. The molecular formula is C17H22BrClN4O. The SMILES string of the molecule is Cc1c(C(=O)NC2CCC(N)CC2)cnn1-c1ccc(Br)cc1.Cl. The monoisotopic (exact) mass is 412 g/mol. The third kappa shape index (κ3) is 4.18. The second-order valence-electron chi connectivity index (χ2n) is 6.12. The molecule has 1 aromatic carbocycles. The summed E-state index contributed by atoms with van der Waals surface area (Å²) in [6.07, 6.45) is 5.49. The van der Waals surface area contributed by atoms with Crippen LogP contribution in [0.15, 0.2) is 34.9 Å². The number of rotatable bonds is 3. The molecular weight excluding hydrogens is 392 g/mol. The fraction of sp³-hybridized carbons (Fsp3) is 0.412. The van der Waals surface area contributed by atoms with Crippen LogP contribution in [0.5, 0.6) is 0 Å². The zero-order valence-electron chi connectivity index (χ0n) is 13.5. The number of nitrogens with two attached hydrogens (primary N) is 1. The maximum absolute atomic E-state index is 12.5. The molecule has 130 valence electrons. The van der Waals surface area contributed by atoms with E-state index in [0.29, 0.717) is 5.56 Å². The lowest BCUT2D eigenvalue weighted by atomic mass is 9.91. The van der Waals surface area contributed by atoms with E-state index in [-0.39, 0.29) is 30.4 Å². The van der Waals surface area contributed by atoms with Crippen LogP contribution in [0.25, 0.3) is 5.69 Å². The van der Waals surface area contributed by atoms with Crippen molar-refractivity contribution in [2.45, 2.75) is 44.7 Å². The maximum atomic E-state index is 12.5. The largest absolute Gasteiger partial charge is 0.349 e. The molecule has 24 heavy (non-hydrogen) atoms. The first-order chi connectivity index (χ1) is 11.0. The van der Waals surface area contributed by atoms with Gasteiger partial charge >= 0.3 is 0 Å². The highest BCUT2D eigenvalue weighted by atomic mass is 79.9. The number of carbonyl (C=O) groups is 1. The first kappa shape index (κ1) is 19.0. The van der Waals surface area contributed by atoms with Crippen LogP contribution in [-0.2, 0) is 0 Å². The highest BCUT2D eigenvalue weighted by molar-refractivity contribution is 9.10. The van der Waals surface area contributed by atoms with Crippen LogP contribution in [0.1, 0.15) is 41.7 Å². The number of benzene rings is 1. The number of halogens is 2. The maximum Gasteiger partial charge on any atom is 0.254 e. The molecule has 1 fully saturated rings. The zero-order valence-corrected chi connectivity index (χ0v) is 15.9. The molecule has 5 nitrogen and oxygen atoms in total. The summed E-state index contributed by atoms with van der Waals surface area (Å²) in [5.74, 6) is -0.0497. The Morgan fingerprint density at radius 2 is 1.88 bits per heavy atom. The van der Waals surface area contributed by atoms with Crippen molar-refractivity contribution in [1.29, 1.82) is 0 Å². The fourth-order valence-electron chi connectivity index (χ4n) is 3.00. The number of hydrogen-bond acceptors (Lipinski definition) is 3. The van der Waals surface area contributed by atoms with E-state index in [1.807, 2.05) is 31.2 Å². The van der Waals surface area contributed by atoms with Gasteiger partial charge in [-0.2, -0.15) is 5.10 Å². The van der Waals surface area contributed by atoms with Crippen molar-refractivity contribution in [3.63, 3.8) is 0 Å². The average Bonchev–Trinajstić information content (AvgIpc) is 2.92. The Balaban J connectivity index is 0.00000208. The highest BCUT2D eigenvalue weighted by Crippen LogP contribution is 2.20. The van der Waals surface area contributed by atoms with Crippen LogP contribution in [0, 0.1) is 6.92 Å². The van der Waals surface area contributed by atoms with Gasteiger partial charge in [0.15, 0.2) is 0 Å². The van der Waals surface area contributed by atoms with Gasteiger partial charge in [0.1, 0.15) is 0 Å². The van der Waals surface area contributed by atoms with Crippen LogP contribution in [-0.4, -0.2) is 27.8 Å². The molecule has 0 spiro atoms. The van der Waals surface area contributed by atoms with Crippen molar-refractivity contribution >= 4 is 34.2 Å². The third-order valence-electron chi connectivity index (χ3n) is 4.43. The summed E-state index contributed by atoms with van der Waals surface area (Å²) >= 11 is 3.42. The molecule has 0 saturated heterocycles. The van der Waals surface area contributed by atoms with E-state index >= 15 is 0 Å². The van der Waals surface area contributed by atoms with Crippen LogP contribution >= 0.6 is 28.3 Å². The Bertz CT molecular complexity index is 693. The Kier molecular flexibility index (Phi) is 6.43. The van der Waals surface area contributed by atoms with Crippen molar-refractivity contribution in [3.8, 4) is 5.69 Å². The third-order valence-corrected chi connectivity index (χ3v) is 4.96. The molecule has 7 heteroatoms. The minimum atomic E-state index is -0.0497. The lowest BCUT2D eigenvalue weighted by Crippen LogP contribution is -2.40. The number of nitrogens with one attached hydrogen (secondary N) is 1. The minimum Gasteiger partial charge on any atom is -0.349 e. The first-order valence-electron chi connectivity index (χ1n) is 7.91. The normalized spacial score (nSPS) is 20.3. The second kappa shape index (κ2) is 8.14. The van der Waals surface area contributed by atoms with Crippen LogP contribution < -0.4 is 11.1 Å². The van der Waals surface area contributed by atoms with Gasteiger partial charge in [-0.05, 0) is 56.9 Å². The summed E-state index contributed by atoms with van der Waals surface area (Å²) in [5, 5.41) is 7.48. The summed E-state index contributed by atoms with van der Waals surface area (Å²) < 4.78 is 2.80. The van der Waals surface area contributed by atoms with Gasteiger partial charge in [0.2, 0.25) is 0 Å². The van der Waals surface area contributed by atoms with E-state index in [9.17, 15) is 4.79 Å². The Hall–Kier alpha value is -1.37. The average molecular weight is 414 g/mol. The van der Waals surface area contributed by atoms with E-state index in [2.05, 4.69) is 26.3 Å². The topological polar surface area (TPSA) is 72.9 Å². The molecule has 0 radical (unpaired) electrons. The van der Waals surface area contributed by atoms with Gasteiger partial charge in [-0.25, -0.2) is 4.68 Å². The quantitative estimate of drug-likeness (QED) is 0.810. The van der Waals surface area contributed by atoms with Gasteiger partial charge in [-0.15, -0.1) is 12.4 Å². The first-order valence-corrected chi connectivity index (χ1v) is 8.71. The van der Waals surface area contributed by atoms with E-state index in [0.717, 1.165) is 41.5 Å². The molecule has 0 atom stereocenters. The standard InChI is InChI=1S/C17H21BrN4O.ClH/c1-11-16(17(23)21-14-6-4-13(19)5-7-14)10-20-22(11)15-8-2-12(18)3-9-15;/h2-3,8-10,13-14H,4-7,19H2,1H3,(H,21,23);1H. The molecule has 3 rings (SSSR count). The Labute approximate surface area is 156 Å². The predicted octanol–water partition coefficient (Wildman–Crippen LogP) is 3.36. The van der Waals surface area contributed by atoms with E-state index in [1.54, 1.807) is 10.9 Å². The van der Waals surface area contributed by atoms with Crippen LogP contribution in [0.2, 0.25) is 0 Å². The number of hydrogen-bond donors (Lipinski definition) is 2. The molecule has 1 aliphatic carbocycles. The fourth-order valence-corrected chi connectivity index (χ4v) is 3.27. The highest BCUT2D eigenvalue weighted by Gasteiger charge is 2.22. The van der Waals surface area contributed by atoms with Crippen molar-refractivity contribution in [1.82, 2.24) is 15.1 Å². The van der Waals surface area contributed by atoms with Gasteiger partial charge in [0.25, 0.3) is 5.91 Å². The number of carbonyl (C=O) groups excluding carboxylic acids is 1. The summed E-state index contributed by atoms with van der Waals surface area (Å²) in [7, 11) is 0. The lowest BCUT2D eigenvalue weighted by molar-refractivity contribution is 0.0925. The summed E-state index contributed by atoms with van der Waals surface area (Å²) in [5.41, 5.74) is 8.32. The van der Waals surface area contributed by atoms with Gasteiger partial charge < -0.3 is 11.1 Å². The molecule has 3 N–H and O–H groups in total. The summed E-state index contributed by atoms with van der Waals surface area (Å²) in [6.45, 7) is 1.92. The van der Waals surface area contributed by atoms with Crippen LogP contribution in [0.3, 0.4) is 0 Å².